The second kappa shape index (κ2) is 7.01. The number of aromatic nitrogens is 2. The van der Waals surface area contributed by atoms with Gasteiger partial charge in [0.25, 0.3) is 0 Å². The van der Waals surface area contributed by atoms with Crippen LogP contribution in [-0.2, 0) is 11.3 Å². The van der Waals surface area contributed by atoms with Crippen molar-refractivity contribution in [3.8, 4) is 0 Å². The molecule has 1 aromatic rings. The molecular weight excluding hydrogens is 248 g/mol. The molecule has 0 saturated carbocycles. The first kappa shape index (κ1) is 13.7. The van der Waals surface area contributed by atoms with Gasteiger partial charge in [-0.2, -0.15) is 4.37 Å². The molecule has 0 amide bonds. The molecule has 0 radical (unpaired) electrons. The third-order valence-corrected chi connectivity index (χ3v) is 3.88. The number of nitrogens with zero attached hydrogens (tertiary/aromatic N) is 3. The average Bonchev–Trinajstić information content (AvgIpc) is 2.80. The zero-order chi connectivity index (χ0) is 12.8. The summed E-state index contributed by atoms with van der Waals surface area (Å²) in [5, 5.41) is 4.41. The minimum atomic E-state index is 0.493. The number of nitrogens with one attached hydrogen (secondary N) is 1. The lowest BCUT2D eigenvalue weighted by Gasteiger charge is -2.31. The van der Waals surface area contributed by atoms with Crippen LogP contribution < -0.4 is 5.32 Å². The van der Waals surface area contributed by atoms with Crippen LogP contribution in [0.5, 0.6) is 0 Å². The fourth-order valence-corrected chi connectivity index (χ4v) is 2.94. The standard InChI is InChI=1S/C12H22N4OS/c1-3-6-16-7-4-10(5-8-16)13-12-14-11(9-17-2)15-18-12/h10H,3-9H2,1-2H3,(H,13,14,15). The molecule has 102 valence electrons. The Bertz CT molecular complexity index is 350. The van der Waals surface area contributed by atoms with Gasteiger partial charge in [-0.25, -0.2) is 4.98 Å². The van der Waals surface area contributed by atoms with Crippen molar-refractivity contribution in [1.29, 1.82) is 0 Å². The Morgan fingerprint density at radius 1 is 1.44 bits per heavy atom. The largest absolute Gasteiger partial charge is 0.377 e. The third kappa shape index (κ3) is 3.90. The van der Waals surface area contributed by atoms with E-state index in [1.54, 1.807) is 7.11 Å². The molecule has 0 aliphatic carbocycles. The lowest BCUT2D eigenvalue weighted by molar-refractivity contribution is 0.179. The van der Waals surface area contributed by atoms with Crippen LogP contribution in [0.25, 0.3) is 0 Å². The fraction of sp³-hybridized carbons (Fsp3) is 0.833. The highest BCUT2D eigenvalue weighted by molar-refractivity contribution is 7.09. The predicted molar refractivity (Wildman–Crippen MR) is 74.0 cm³/mol. The number of likely N-dealkylation sites (tertiary alicyclic amines) is 1. The summed E-state index contributed by atoms with van der Waals surface area (Å²) in [6.07, 6.45) is 3.63. The van der Waals surface area contributed by atoms with Gasteiger partial charge in [-0.1, -0.05) is 6.92 Å². The fourth-order valence-electron chi connectivity index (χ4n) is 2.29. The Balaban J connectivity index is 1.76. The Labute approximate surface area is 113 Å². The van der Waals surface area contributed by atoms with Crippen LogP contribution in [-0.4, -0.2) is 47.0 Å². The minimum Gasteiger partial charge on any atom is -0.377 e. The summed E-state index contributed by atoms with van der Waals surface area (Å²) >= 11 is 1.43. The van der Waals surface area contributed by atoms with E-state index in [0.717, 1.165) is 11.0 Å². The maximum atomic E-state index is 5.02. The van der Waals surface area contributed by atoms with Crippen molar-refractivity contribution in [2.75, 3.05) is 32.1 Å². The second-order valence-corrected chi connectivity index (χ2v) is 5.46. The van der Waals surface area contributed by atoms with Gasteiger partial charge in [-0.15, -0.1) is 0 Å². The summed E-state index contributed by atoms with van der Waals surface area (Å²) in [4.78, 5) is 6.94. The lowest BCUT2D eigenvalue weighted by Crippen LogP contribution is -2.39. The van der Waals surface area contributed by atoms with E-state index in [0.29, 0.717) is 12.6 Å². The first-order chi connectivity index (χ1) is 8.81. The van der Waals surface area contributed by atoms with Gasteiger partial charge in [0.2, 0.25) is 5.13 Å². The Morgan fingerprint density at radius 2 is 2.22 bits per heavy atom. The first-order valence-corrected chi connectivity index (χ1v) is 7.39. The Kier molecular flexibility index (Phi) is 5.34. The minimum absolute atomic E-state index is 0.493. The molecule has 0 aromatic carbocycles. The van der Waals surface area contributed by atoms with Gasteiger partial charge in [0.05, 0.1) is 0 Å². The topological polar surface area (TPSA) is 50.3 Å². The van der Waals surface area contributed by atoms with Crippen molar-refractivity contribution in [3.63, 3.8) is 0 Å². The molecule has 1 aliphatic rings. The van der Waals surface area contributed by atoms with Crippen LogP contribution >= 0.6 is 11.5 Å². The van der Waals surface area contributed by atoms with E-state index in [4.69, 9.17) is 4.74 Å². The lowest BCUT2D eigenvalue weighted by atomic mass is 10.1. The molecular formula is C12H22N4OS. The Morgan fingerprint density at radius 3 is 2.89 bits per heavy atom. The van der Waals surface area contributed by atoms with E-state index >= 15 is 0 Å². The van der Waals surface area contributed by atoms with E-state index in [9.17, 15) is 0 Å². The quantitative estimate of drug-likeness (QED) is 0.856. The van der Waals surface area contributed by atoms with Crippen LogP contribution in [0.2, 0.25) is 0 Å². The van der Waals surface area contributed by atoms with Crippen LogP contribution in [0.15, 0.2) is 0 Å². The summed E-state index contributed by atoms with van der Waals surface area (Å²) in [5.74, 6) is 0.772. The Hall–Kier alpha value is -0.720. The van der Waals surface area contributed by atoms with Crippen molar-refractivity contribution in [1.82, 2.24) is 14.3 Å². The van der Waals surface area contributed by atoms with Crippen molar-refractivity contribution in [2.24, 2.45) is 0 Å². The van der Waals surface area contributed by atoms with Gasteiger partial charge in [0, 0.05) is 37.8 Å². The van der Waals surface area contributed by atoms with Crippen molar-refractivity contribution in [3.05, 3.63) is 5.82 Å². The summed E-state index contributed by atoms with van der Waals surface area (Å²) in [6.45, 7) is 6.34. The number of hydrogen-bond acceptors (Lipinski definition) is 6. The first-order valence-electron chi connectivity index (χ1n) is 6.62. The highest BCUT2D eigenvalue weighted by Crippen LogP contribution is 2.18. The zero-order valence-corrected chi connectivity index (χ0v) is 12.0. The molecule has 1 saturated heterocycles. The highest BCUT2D eigenvalue weighted by Gasteiger charge is 2.19. The number of ether oxygens (including phenoxy) is 1. The van der Waals surface area contributed by atoms with Gasteiger partial charge in [-0.3, -0.25) is 0 Å². The normalized spacial score (nSPS) is 18.1. The number of hydrogen-bond donors (Lipinski definition) is 1. The monoisotopic (exact) mass is 270 g/mol. The molecule has 18 heavy (non-hydrogen) atoms. The second-order valence-electron chi connectivity index (χ2n) is 4.71. The molecule has 1 aliphatic heterocycles. The van der Waals surface area contributed by atoms with Gasteiger partial charge in [-0.05, 0) is 25.8 Å². The summed E-state index contributed by atoms with van der Waals surface area (Å²) in [6, 6.07) is 0.543. The molecule has 0 spiro atoms. The maximum Gasteiger partial charge on any atom is 0.202 e. The van der Waals surface area contributed by atoms with Crippen molar-refractivity contribution < 1.29 is 4.74 Å². The van der Waals surface area contributed by atoms with E-state index in [1.807, 2.05) is 0 Å². The number of anilines is 1. The van der Waals surface area contributed by atoms with E-state index < -0.39 is 0 Å². The maximum absolute atomic E-state index is 5.02. The van der Waals surface area contributed by atoms with Crippen molar-refractivity contribution in [2.45, 2.75) is 38.8 Å². The summed E-state index contributed by atoms with van der Waals surface area (Å²) in [7, 11) is 1.66. The van der Waals surface area contributed by atoms with Gasteiger partial charge >= 0.3 is 0 Å². The molecule has 0 atom stereocenters. The zero-order valence-electron chi connectivity index (χ0n) is 11.2. The van der Waals surface area contributed by atoms with E-state index in [1.165, 1.54) is 50.4 Å². The van der Waals surface area contributed by atoms with Gasteiger partial charge in [0.15, 0.2) is 5.82 Å². The van der Waals surface area contributed by atoms with Crippen LogP contribution in [0, 0.1) is 0 Å². The average molecular weight is 270 g/mol. The predicted octanol–water partition coefficient (Wildman–Crippen LogP) is 1.97. The third-order valence-electron chi connectivity index (χ3n) is 3.20. The number of rotatable bonds is 6. The highest BCUT2D eigenvalue weighted by atomic mass is 32.1. The molecule has 1 aromatic heterocycles. The molecule has 5 nitrogen and oxygen atoms in total. The van der Waals surface area contributed by atoms with Crippen LogP contribution in [0.1, 0.15) is 32.0 Å². The van der Waals surface area contributed by atoms with Gasteiger partial charge < -0.3 is 15.0 Å². The molecule has 1 fully saturated rings. The molecule has 2 rings (SSSR count). The smallest absolute Gasteiger partial charge is 0.202 e. The number of piperidine rings is 1. The van der Waals surface area contributed by atoms with Crippen LogP contribution in [0.3, 0.4) is 0 Å². The SMILES string of the molecule is CCCN1CCC(Nc2nc(COC)ns2)CC1. The molecule has 6 heteroatoms. The number of methoxy groups -OCH3 is 1. The van der Waals surface area contributed by atoms with E-state index in [-0.39, 0.29) is 0 Å². The van der Waals surface area contributed by atoms with Crippen LogP contribution in [0.4, 0.5) is 5.13 Å². The molecule has 1 N–H and O–H groups in total. The molecule has 2 heterocycles. The van der Waals surface area contributed by atoms with Crippen molar-refractivity contribution >= 4 is 16.7 Å². The summed E-state index contributed by atoms with van der Waals surface area (Å²) < 4.78 is 9.27. The van der Waals surface area contributed by atoms with Gasteiger partial charge in [0.1, 0.15) is 6.61 Å². The molecule has 0 unspecified atom stereocenters. The molecule has 0 bridgehead atoms. The van der Waals surface area contributed by atoms with E-state index in [2.05, 4.69) is 26.5 Å². The summed E-state index contributed by atoms with van der Waals surface area (Å²) in [5.41, 5.74) is 0.